The fourth-order valence-corrected chi connectivity index (χ4v) is 1.49. The molecule has 2 heterocycles. The molecule has 0 amide bonds. The molecule has 2 aromatic rings. The smallest absolute Gasteiger partial charge is 0.131 e. The molecule has 0 saturated carbocycles. The van der Waals surface area contributed by atoms with Crippen molar-refractivity contribution in [3.8, 4) is 11.1 Å². The Morgan fingerprint density at radius 2 is 2.20 bits per heavy atom. The minimum Gasteiger partial charge on any atom is -0.383 e. The van der Waals surface area contributed by atoms with Crippen LogP contribution in [0.3, 0.4) is 0 Å². The first-order valence-electron chi connectivity index (χ1n) is 4.52. The second kappa shape index (κ2) is 4.28. The number of anilines is 1. The molecule has 2 N–H and O–H groups in total. The van der Waals surface area contributed by atoms with Gasteiger partial charge in [0.1, 0.15) is 5.82 Å². The van der Waals surface area contributed by atoms with Crippen LogP contribution in [0, 0.1) is 0 Å². The highest BCUT2D eigenvalue weighted by atomic mass is 35.5. The second-order valence-electron chi connectivity index (χ2n) is 3.15. The maximum atomic E-state index is 5.79. The lowest BCUT2D eigenvalue weighted by molar-refractivity contribution is 1.25. The van der Waals surface area contributed by atoms with Crippen LogP contribution in [-0.4, -0.2) is 9.97 Å². The Bertz CT molecular complexity index is 457. The zero-order chi connectivity index (χ0) is 10.7. The van der Waals surface area contributed by atoms with E-state index in [4.69, 9.17) is 17.3 Å². The van der Waals surface area contributed by atoms with Crippen LogP contribution in [0.15, 0.2) is 36.8 Å². The van der Waals surface area contributed by atoms with Crippen molar-refractivity contribution in [2.45, 2.75) is 5.88 Å². The van der Waals surface area contributed by atoms with Gasteiger partial charge in [-0.05, 0) is 17.7 Å². The molecule has 3 nitrogen and oxygen atoms in total. The van der Waals surface area contributed by atoms with Gasteiger partial charge in [-0.15, -0.1) is 11.6 Å². The Kier molecular flexibility index (Phi) is 2.83. The van der Waals surface area contributed by atoms with Gasteiger partial charge in [0.15, 0.2) is 0 Å². The van der Waals surface area contributed by atoms with Crippen LogP contribution in [0.1, 0.15) is 5.56 Å². The number of nitrogens with two attached hydrogens (primary N) is 1. The first-order valence-corrected chi connectivity index (χ1v) is 5.05. The van der Waals surface area contributed by atoms with Gasteiger partial charge in [-0.1, -0.05) is 6.07 Å². The van der Waals surface area contributed by atoms with E-state index in [9.17, 15) is 0 Å². The molecule has 0 aromatic carbocycles. The third-order valence-electron chi connectivity index (χ3n) is 2.10. The van der Waals surface area contributed by atoms with Crippen LogP contribution in [0.5, 0.6) is 0 Å². The maximum Gasteiger partial charge on any atom is 0.131 e. The summed E-state index contributed by atoms with van der Waals surface area (Å²) in [5.74, 6) is 0.928. The Balaban J connectivity index is 2.52. The van der Waals surface area contributed by atoms with Crippen LogP contribution in [0.25, 0.3) is 11.1 Å². The highest BCUT2D eigenvalue weighted by Gasteiger charge is 2.04. The SMILES string of the molecule is Nc1ncc(CCl)cc1-c1cccnc1. The summed E-state index contributed by atoms with van der Waals surface area (Å²) in [6.45, 7) is 0. The lowest BCUT2D eigenvalue weighted by atomic mass is 10.1. The summed E-state index contributed by atoms with van der Waals surface area (Å²) >= 11 is 5.74. The van der Waals surface area contributed by atoms with E-state index < -0.39 is 0 Å². The molecule has 0 radical (unpaired) electrons. The highest BCUT2D eigenvalue weighted by Crippen LogP contribution is 2.24. The summed E-state index contributed by atoms with van der Waals surface area (Å²) < 4.78 is 0. The average molecular weight is 220 g/mol. The molecular formula is C11H10ClN3. The summed E-state index contributed by atoms with van der Waals surface area (Å²) in [5, 5.41) is 0. The molecule has 15 heavy (non-hydrogen) atoms. The zero-order valence-electron chi connectivity index (χ0n) is 8.02. The Hall–Kier alpha value is -1.61. The van der Waals surface area contributed by atoms with Crippen molar-refractivity contribution in [1.29, 1.82) is 0 Å². The number of nitrogens with zero attached hydrogens (tertiary/aromatic N) is 2. The van der Waals surface area contributed by atoms with Crippen LogP contribution >= 0.6 is 11.6 Å². The van der Waals surface area contributed by atoms with E-state index in [1.165, 1.54) is 0 Å². The summed E-state index contributed by atoms with van der Waals surface area (Å²) in [6.07, 6.45) is 5.16. The molecule has 0 aliphatic carbocycles. The Morgan fingerprint density at radius 1 is 1.33 bits per heavy atom. The fraction of sp³-hybridized carbons (Fsp3) is 0.0909. The van der Waals surface area contributed by atoms with E-state index in [2.05, 4.69) is 9.97 Å². The van der Waals surface area contributed by atoms with E-state index in [0.717, 1.165) is 16.7 Å². The lowest BCUT2D eigenvalue weighted by Crippen LogP contribution is -1.95. The van der Waals surface area contributed by atoms with Gasteiger partial charge in [-0.25, -0.2) is 4.98 Å². The number of hydrogen-bond donors (Lipinski definition) is 1. The largest absolute Gasteiger partial charge is 0.383 e. The number of hydrogen-bond acceptors (Lipinski definition) is 3. The van der Waals surface area contributed by atoms with Crippen molar-refractivity contribution in [3.05, 3.63) is 42.4 Å². The summed E-state index contributed by atoms with van der Waals surface area (Å²) in [4.78, 5) is 8.13. The average Bonchev–Trinajstić information content (AvgIpc) is 2.31. The van der Waals surface area contributed by atoms with Gasteiger partial charge in [0.25, 0.3) is 0 Å². The predicted molar refractivity (Wildman–Crippen MR) is 61.4 cm³/mol. The van der Waals surface area contributed by atoms with Crippen LogP contribution < -0.4 is 5.73 Å². The van der Waals surface area contributed by atoms with E-state index in [0.29, 0.717) is 11.7 Å². The van der Waals surface area contributed by atoms with Gasteiger partial charge in [0.2, 0.25) is 0 Å². The van der Waals surface area contributed by atoms with Crippen molar-refractivity contribution in [2.24, 2.45) is 0 Å². The third kappa shape index (κ3) is 2.07. The van der Waals surface area contributed by atoms with E-state index in [1.807, 2.05) is 18.2 Å². The molecule has 76 valence electrons. The molecule has 4 heteroatoms. The van der Waals surface area contributed by atoms with Gasteiger partial charge in [-0.2, -0.15) is 0 Å². The summed E-state index contributed by atoms with van der Waals surface area (Å²) in [5.41, 5.74) is 8.57. The monoisotopic (exact) mass is 219 g/mol. The molecule has 0 aliphatic heterocycles. The Morgan fingerprint density at radius 3 is 2.87 bits per heavy atom. The first-order chi connectivity index (χ1) is 7.31. The highest BCUT2D eigenvalue weighted by molar-refractivity contribution is 6.17. The number of aromatic nitrogens is 2. The van der Waals surface area contributed by atoms with Crippen LogP contribution in [0.2, 0.25) is 0 Å². The summed E-state index contributed by atoms with van der Waals surface area (Å²) in [7, 11) is 0. The molecule has 0 saturated heterocycles. The zero-order valence-corrected chi connectivity index (χ0v) is 8.78. The van der Waals surface area contributed by atoms with Crippen molar-refractivity contribution < 1.29 is 0 Å². The van der Waals surface area contributed by atoms with Gasteiger partial charge in [-0.3, -0.25) is 4.98 Å². The van der Waals surface area contributed by atoms with Crippen LogP contribution in [-0.2, 0) is 5.88 Å². The fourth-order valence-electron chi connectivity index (χ4n) is 1.34. The van der Waals surface area contributed by atoms with E-state index in [1.54, 1.807) is 18.6 Å². The molecular weight excluding hydrogens is 210 g/mol. The van der Waals surface area contributed by atoms with Gasteiger partial charge in [0.05, 0.1) is 0 Å². The maximum absolute atomic E-state index is 5.79. The minimum atomic E-state index is 0.431. The van der Waals surface area contributed by atoms with Crippen molar-refractivity contribution >= 4 is 17.4 Å². The van der Waals surface area contributed by atoms with E-state index >= 15 is 0 Å². The second-order valence-corrected chi connectivity index (χ2v) is 3.42. The number of alkyl halides is 1. The topological polar surface area (TPSA) is 51.8 Å². The minimum absolute atomic E-state index is 0.431. The van der Waals surface area contributed by atoms with Crippen molar-refractivity contribution in [1.82, 2.24) is 9.97 Å². The predicted octanol–water partition coefficient (Wildman–Crippen LogP) is 2.46. The molecule has 2 aromatic heterocycles. The van der Waals surface area contributed by atoms with Gasteiger partial charge in [0, 0.05) is 35.6 Å². The van der Waals surface area contributed by atoms with Crippen molar-refractivity contribution in [3.63, 3.8) is 0 Å². The molecule has 0 bridgehead atoms. The molecule has 0 spiro atoms. The number of rotatable bonds is 2. The third-order valence-corrected chi connectivity index (χ3v) is 2.41. The standard InChI is InChI=1S/C11H10ClN3/c12-5-8-4-10(11(13)15-6-8)9-2-1-3-14-7-9/h1-4,6-7H,5H2,(H2,13,15). The number of halogens is 1. The normalized spacial score (nSPS) is 10.2. The molecule has 0 atom stereocenters. The van der Waals surface area contributed by atoms with Crippen LogP contribution in [0.4, 0.5) is 5.82 Å². The summed E-state index contributed by atoms with van der Waals surface area (Å²) in [6, 6.07) is 5.74. The van der Waals surface area contributed by atoms with Gasteiger partial charge < -0.3 is 5.73 Å². The molecule has 0 unspecified atom stereocenters. The quantitative estimate of drug-likeness (QED) is 0.790. The first kappa shape index (κ1) is 9.93. The Labute approximate surface area is 92.9 Å². The molecule has 2 rings (SSSR count). The van der Waals surface area contributed by atoms with E-state index in [-0.39, 0.29) is 0 Å². The molecule has 0 aliphatic rings. The number of pyridine rings is 2. The van der Waals surface area contributed by atoms with Gasteiger partial charge >= 0.3 is 0 Å². The number of nitrogen functional groups attached to an aromatic ring is 1. The lowest BCUT2D eigenvalue weighted by Gasteiger charge is -2.05. The molecule has 0 fully saturated rings. The van der Waals surface area contributed by atoms with Crippen molar-refractivity contribution in [2.75, 3.05) is 5.73 Å².